The lowest BCUT2D eigenvalue weighted by Gasteiger charge is -2.40. The average molecular weight is 411 g/mol. The van der Waals surface area contributed by atoms with E-state index < -0.39 is 0 Å². The third-order valence-corrected chi connectivity index (χ3v) is 5.80. The number of benzene rings is 2. The Morgan fingerprint density at radius 3 is 2.77 bits per heavy atom. The number of carbonyl (C=O) groups excluding carboxylic acids is 1. The third kappa shape index (κ3) is 3.15. The summed E-state index contributed by atoms with van der Waals surface area (Å²) in [5.41, 5.74) is 2.69. The van der Waals surface area contributed by atoms with E-state index in [9.17, 15) is 4.79 Å². The largest absolute Gasteiger partial charge is 0.338 e. The summed E-state index contributed by atoms with van der Waals surface area (Å²) < 4.78 is 1.99. The molecule has 154 valence electrons. The van der Waals surface area contributed by atoms with Crippen LogP contribution in [0.5, 0.6) is 0 Å². The van der Waals surface area contributed by atoms with Gasteiger partial charge in [0.2, 0.25) is 5.95 Å². The summed E-state index contributed by atoms with van der Waals surface area (Å²) in [6.07, 6.45) is 0. The normalized spacial score (nSPS) is 16.6. The highest BCUT2D eigenvalue weighted by Gasteiger charge is 2.30. The van der Waals surface area contributed by atoms with Crippen LogP contribution >= 0.6 is 0 Å². The molecule has 1 aliphatic heterocycles. The van der Waals surface area contributed by atoms with Crippen molar-refractivity contribution < 1.29 is 4.79 Å². The number of carbonyl (C=O) groups is 1. The van der Waals surface area contributed by atoms with E-state index in [0.717, 1.165) is 28.3 Å². The Hall–Kier alpha value is -3.99. The highest BCUT2D eigenvalue weighted by atomic mass is 16.2. The number of piperazine rings is 1. The van der Waals surface area contributed by atoms with E-state index in [0.29, 0.717) is 30.8 Å². The van der Waals surface area contributed by atoms with Crippen LogP contribution in [0.1, 0.15) is 28.7 Å². The minimum atomic E-state index is -0.0543. The number of nitriles is 1. The Bertz CT molecular complexity index is 1350. The highest BCUT2D eigenvalue weighted by molar-refractivity contribution is 5.95. The van der Waals surface area contributed by atoms with Gasteiger partial charge in [0.1, 0.15) is 5.82 Å². The number of aryl methyl sites for hydroxylation is 1. The molecule has 1 saturated heterocycles. The van der Waals surface area contributed by atoms with Crippen LogP contribution in [-0.2, 0) is 0 Å². The molecule has 0 N–H and O–H groups in total. The van der Waals surface area contributed by atoms with Crippen molar-refractivity contribution in [2.75, 3.05) is 24.5 Å². The van der Waals surface area contributed by atoms with Crippen molar-refractivity contribution in [3.05, 3.63) is 65.5 Å². The molecule has 0 aliphatic carbocycles. The van der Waals surface area contributed by atoms with Gasteiger partial charge in [-0.3, -0.25) is 4.79 Å². The minimum Gasteiger partial charge on any atom is -0.338 e. The van der Waals surface area contributed by atoms with Gasteiger partial charge >= 0.3 is 0 Å². The van der Waals surface area contributed by atoms with Gasteiger partial charge < -0.3 is 9.80 Å². The molecule has 1 aliphatic rings. The number of para-hydroxylation sites is 1. The second kappa shape index (κ2) is 7.36. The van der Waals surface area contributed by atoms with E-state index in [1.54, 1.807) is 24.3 Å². The lowest BCUT2D eigenvalue weighted by molar-refractivity contribution is 0.0673. The monoisotopic (exact) mass is 411 g/mol. The van der Waals surface area contributed by atoms with Gasteiger partial charge in [-0.05, 0) is 44.2 Å². The van der Waals surface area contributed by atoms with Crippen molar-refractivity contribution in [2.24, 2.45) is 0 Å². The Labute approximate surface area is 179 Å². The van der Waals surface area contributed by atoms with Crippen LogP contribution in [0.4, 0.5) is 5.95 Å². The molecular formula is C23H21N7O. The first-order chi connectivity index (χ1) is 15.1. The second-order valence-electron chi connectivity index (χ2n) is 7.82. The molecule has 8 nitrogen and oxygen atoms in total. The predicted octanol–water partition coefficient (Wildman–Crippen LogP) is 2.81. The van der Waals surface area contributed by atoms with Crippen molar-refractivity contribution >= 4 is 28.4 Å². The molecule has 0 spiro atoms. The van der Waals surface area contributed by atoms with Gasteiger partial charge in [-0.2, -0.15) is 5.26 Å². The zero-order chi connectivity index (χ0) is 21.5. The number of rotatable bonds is 2. The molecule has 0 radical (unpaired) electrons. The number of hydrogen-bond acceptors (Lipinski definition) is 6. The minimum absolute atomic E-state index is 0.0212. The van der Waals surface area contributed by atoms with E-state index in [2.05, 4.69) is 21.2 Å². The molecule has 3 heterocycles. The fraction of sp³-hybridized carbons (Fsp3) is 0.261. The van der Waals surface area contributed by atoms with E-state index in [-0.39, 0.29) is 11.9 Å². The van der Waals surface area contributed by atoms with Crippen LogP contribution in [0.25, 0.3) is 16.6 Å². The van der Waals surface area contributed by atoms with Gasteiger partial charge in [0, 0.05) is 36.6 Å². The molecule has 2 aromatic heterocycles. The third-order valence-electron chi connectivity index (χ3n) is 5.80. The summed E-state index contributed by atoms with van der Waals surface area (Å²) >= 11 is 0. The van der Waals surface area contributed by atoms with Crippen molar-refractivity contribution in [3.8, 4) is 6.07 Å². The number of aromatic nitrogens is 4. The number of anilines is 1. The summed E-state index contributed by atoms with van der Waals surface area (Å²) in [6.45, 7) is 5.81. The first kappa shape index (κ1) is 19.0. The summed E-state index contributed by atoms with van der Waals surface area (Å²) in [4.78, 5) is 22.0. The molecule has 0 bridgehead atoms. The molecule has 2 aromatic carbocycles. The van der Waals surface area contributed by atoms with Gasteiger partial charge in [0.15, 0.2) is 5.65 Å². The predicted molar refractivity (Wildman–Crippen MR) is 117 cm³/mol. The summed E-state index contributed by atoms with van der Waals surface area (Å²) in [5, 5.41) is 18.7. The summed E-state index contributed by atoms with van der Waals surface area (Å²) in [5.74, 6) is 1.52. The van der Waals surface area contributed by atoms with E-state index >= 15 is 0 Å². The smallest absolute Gasteiger partial charge is 0.254 e. The maximum atomic E-state index is 13.1. The fourth-order valence-electron chi connectivity index (χ4n) is 4.23. The summed E-state index contributed by atoms with van der Waals surface area (Å²) in [7, 11) is 0. The van der Waals surface area contributed by atoms with Crippen molar-refractivity contribution in [2.45, 2.75) is 19.9 Å². The molecule has 1 fully saturated rings. The Morgan fingerprint density at radius 1 is 1.13 bits per heavy atom. The van der Waals surface area contributed by atoms with E-state index in [1.165, 1.54) is 0 Å². The van der Waals surface area contributed by atoms with Crippen LogP contribution in [0.2, 0.25) is 0 Å². The maximum absolute atomic E-state index is 13.1. The molecule has 31 heavy (non-hydrogen) atoms. The van der Waals surface area contributed by atoms with Crippen molar-refractivity contribution in [3.63, 3.8) is 0 Å². The van der Waals surface area contributed by atoms with Gasteiger partial charge in [0.25, 0.3) is 5.91 Å². The Kier molecular flexibility index (Phi) is 4.51. The van der Waals surface area contributed by atoms with Crippen LogP contribution in [0.3, 0.4) is 0 Å². The summed E-state index contributed by atoms with van der Waals surface area (Å²) in [6, 6.07) is 16.9. The van der Waals surface area contributed by atoms with Crippen LogP contribution in [0.15, 0.2) is 48.5 Å². The van der Waals surface area contributed by atoms with Gasteiger partial charge in [-0.25, -0.2) is 9.38 Å². The first-order valence-corrected chi connectivity index (χ1v) is 10.2. The lowest BCUT2D eigenvalue weighted by atomic mass is 10.1. The zero-order valence-corrected chi connectivity index (χ0v) is 17.4. The number of hydrogen-bond donors (Lipinski definition) is 0. The van der Waals surface area contributed by atoms with E-state index in [4.69, 9.17) is 10.2 Å². The van der Waals surface area contributed by atoms with Crippen LogP contribution in [0, 0.1) is 18.3 Å². The van der Waals surface area contributed by atoms with Crippen LogP contribution in [-0.4, -0.2) is 56.1 Å². The van der Waals surface area contributed by atoms with E-state index in [1.807, 2.05) is 47.4 Å². The van der Waals surface area contributed by atoms with Crippen molar-refractivity contribution in [1.82, 2.24) is 24.5 Å². The highest BCUT2D eigenvalue weighted by Crippen LogP contribution is 2.26. The average Bonchev–Trinajstić information content (AvgIpc) is 3.20. The van der Waals surface area contributed by atoms with Gasteiger partial charge in [0.05, 0.1) is 17.1 Å². The molecule has 1 amide bonds. The lowest BCUT2D eigenvalue weighted by Crippen LogP contribution is -2.54. The van der Waals surface area contributed by atoms with Crippen molar-refractivity contribution in [1.29, 1.82) is 5.26 Å². The Morgan fingerprint density at radius 2 is 1.97 bits per heavy atom. The second-order valence-corrected chi connectivity index (χ2v) is 7.82. The molecule has 5 rings (SSSR count). The molecule has 0 saturated carbocycles. The molecule has 1 atom stereocenters. The topological polar surface area (TPSA) is 90.4 Å². The number of nitrogens with zero attached hydrogens (tertiary/aromatic N) is 7. The SMILES string of the molecule is Cc1nnc2c3ccccc3nc(N3CCN(C(=O)c4cccc(C#N)c4)C(C)C3)n12. The molecule has 1 unspecified atom stereocenters. The van der Waals surface area contributed by atoms with Gasteiger partial charge in [-0.1, -0.05) is 18.2 Å². The number of amides is 1. The number of fused-ring (bicyclic) bond motifs is 3. The molecule has 8 heteroatoms. The zero-order valence-electron chi connectivity index (χ0n) is 17.4. The van der Waals surface area contributed by atoms with Crippen LogP contribution < -0.4 is 4.90 Å². The Balaban J connectivity index is 1.47. The standard InChI is InChI=1S/C23H21N7O/c1-15-14-28(10-11-29(15)22(31)18-7-5-6-17(12-18)13-24)23-25-20-9-4-3-8-19(20)21-27-26-16(2)30(21)23/h3-9,12,15H,10-11,14H2,1-2H3. The van der Waals surface area contributed by atoms with Gasteiger partial charge in [-0.15, -0.1) is 10.2 Å². The quantitative estimate of drug-likeness (QED) is 0.504. The molecule has 4 aromatic rings. The first-order valence-electron chi connectivity index (χ1n) is 10.2. The maximum Gasteiger partial charge on any atom is 0.254 e. The molecular weight excluding hydrogens is 390 g/mol. The fourth-order valence-corrected chi connectivity index (χ4v) is 4.23.